The molecule has 0 saturated carbocycles. The summed E-state index contributed by atoms with van der Waals surface area (Å²) in [7, 11) is 1.62. The first kappa shape index (κ1) is 20.3. The molecular formula is C21H27NO4. The molecule has 0 amide bonds. The van der Waals surface area contributed by atoms with Gasteiger partial charge in [0, 0.05) is 20.2 Å². The van der Waals surface area contributed by atoms with Gasteiger partial charge in [-0.05, 0) is 11.1 Å². The van der Waals surface area contributed by atoms with Crippen molar-refractivity contribution in [3.63, 3.8) is 0 Å². The fourth-order valence-electron chi connectivity index (χ4n) is 2.59. The van der Waals surface area contributed by atoms with E-state index in [0.29, 0.717) is 26.3 Å². The van der Waals surface area contributed by atoms with E-state index in [9.17, 15) is 4.79 Å². The summed E-state index contributed by atoms with van der Waals surface area (Å²) in [5.41, 5.74) is 2.32. The van der Waals surface area contributed by atoms with Crippen LogP contribution in [0.25, 0.3) is 0 Å². The average Bonchev–Trinajstić information content (AvgIpc) is 2.69. The van der Waals surface area contributed by atoms with Crippen LogP contribution < -0.4 is 0 Å². The van der Waals surface area contributed by atoms with Crippen molar-refractivity contribution in [1.82, 2.24) is 4.90 Å². The summed E-state index contributed by atoms with van der Waals surface area (Å²) in [6.07, 6.45) is 0.945. The van der Waals surface area contributed by atoms with E-state index in [0.717, 1.165) is 17.4 Å². The number of methoxy groups -OCH3 is 1. The van der Waals surface area contributed by atoms with Gasteiger partial charge < -0.3 is 19.0 Å². The van der Waals surface area contributed by atoms with E-state index in [1.165, 1.54) is 0 Å². The number of nitrogens with zero attached hydrogens (tertiary/aromatic N) is 1. The number of rotatable bonds is 13. The molecule has 0 aromatic heterocycles. The van der Waals surface area contributed by atoms with Gasteiger partial charge >= 0.3 is 0 Å². The number of aldehydes is 1. The van der Waals surface area contributed by atoms with Crippen LogP contribution in [-0.4, -0.2) is 51.0 Å². The molecule has 0 N–H and O–H groups in total. The Hall–Kier alpha value is -2.05. The van der Waals surface area contributed by atoms with Crippen molar-refractivity contribution in [2.45, 2.75) is 19.1 Å². The largest absolute Gasteiger partial charge is 0.382 e. The molecule has 5 nitrogen and oxygen atoms in total. The molecular weight excluding hydrogens is 330 g/mol. The predicted octanol–water partition coefficient (Wildman–Crippen LogP) is 2.89. The van der Waals surface area contributed by atoms with Crippen molar-refractivity contribution >= 4 is 6.29 Å². The fraction of sp³-hybridized carbons (Fsp3) is 0.381. The molecule has 0 unspecified atom stereocenters. The van der Waals surface area contributed by atoms with E-state index in [2.05, 4.69) is 29.2 Å². The first-order valence-corrected chi connectivity index (χ1v) is 8.75. The van der Waals surface area contributed by atoms with Gasteiger partial charge in [0.15, 0.2) is 0 Å². The highest BCUT2D eigenvalue weighted by Gasteiger charge is 2.19. The summed E-state index contributed by atoms with van der Waals surface area (Å²) in [5.74, 6) is 0. The second-order valence-electron chi connectivity index (χ2n) is 5.97. The van der Waals surface area contributed by atoms with E-state index >= 15 is 0 Å². The molecule has 140 valence electrons. The molecule has 26 heavy (non-hydrogen) atoms. The van der Waals surface area contributed by atoms with Gasteiger partial charge in [-0.15, -0.1) is 0 Å². The van der Waals surface area contributed by atoms with Crippen molar-refractivity contribution in [2.24, 2.45) is 0 Å². The molecule has 0 aliphatic heterocycles. The van der Waals surface area contributed by atoms with Gasteiger partial charge in [-0.2, -0.15) is 0 Å². The van der Waals surface area contributed by atoms with Gasteiger partial charge in [0.2, 0.25) is 0 Å². The van der Waals surface area contributed by atoms with Crippen LogP contribution in [0.15, 0.2) is 60.7 Å². The zero-order chi connectivity index (χ0) is 18.5. The highest BCUT2D eigenvalue weighted by atomic mass is 16.7. The fourth-order valence-corrected chi connectivity index (χ4v) is 2.59. The van der Waals surface area contributed by atoms with Crippen molar-refractivity contribution in [1.29, 1.82) is 0 Å². The number of carbonyl (C=O) groups is 1. The van der Waals surface area contributed by atoms with Crippen LogP contribution in [-0.2, 0) is 32.1 Å². The zero-order valence-corrected chi connectivity index (χ0v) is 15.3. The Morgan fingerprint density at radius 2 is 1.46 bits per heavy atom. The molecule has 0 aliphatic carbocycles. The van der Waals surface area contributed by atoms with Gasteiger partial charge in [0.25, 0.3) is 0 Å². The van der Waals surface area contributed by atoms with E-state index in [1.54, 1.807) is 7.11 Å². The number of carbonyl (C=O) groups excluding carboxylic acids is 1. The smallest absolute Gasteiger partial charge is 0.146 e. The lowest BCUT2D eigenvalue weighted by molar-refractivity contribution is -0.120. The SMILES string of the molecule is COCCOCOC[C@@H](C=O)N(Cc1ccccc1)Cc1ccccc1. The van der Waals surface area contributed by atoms with Crippen LogP contribution in [0, 0.1) is 0 Å². The first-order valence-electron chi connectivity index (χ1n) is 8.75. The maximum absolute atomic E-state index is 11.7. The molecule has 5 heteroatoms. The van der Waals surface area contributed by atoms with Crippen LogP contribution in [0.5, 0.6) is 0 Å². The topological polar surface area (TPSA) is 48.0 Å². The molecule has 0 radical (unpaired) electrons. The highest BCUT2D eigenvalue weighted by molar-refractivity contribution is 5.57. The predicted molar refractivity (Wildman–Crippen MR) is 101 cm³/mol. The Balaban J connectivity index is 1.96. The molecule has 2 aromatic carbocycles. The van der Waals surface area contributed by atoms with E-state index < -0.39 is 0 Å². The molecule has 0 fully saturated rings. The molecule has 0 bridgehead atoms. The average molecular weight is 357 g/mol. The Morgan fingerprint density at radius 3 is 1.96 bits per heavy atom. The maximum atomic E-state index is 11.7. The van der Waals surface area contributed by atoms with Gasteiger partial charge in [-0.3, -0.25) is 4.90 Å². The van der Waals surface area contributed by atoms with Gasteiger partial charge in [0.05, 0.1) is 25.9 Å². The summed E-state index contributed by atoms with van der Waals surface area (Å²) in [5, 5.41) is 0. The third-order valence-electron chi connectivity index (χ3n) is 3.97. The molecule has 1 atom stereocenters. The van der Waals surface area contributed by atoms with E-state index in [-0.39, 0.29) is 19.4 Å². The van der Waals surface area contributed by atoms with Crippen molar-refractivity contribution in [3.8, 4) is 0 Å². The monoisotopic (exact) mass is 357 g/mol. The third kappa shape index (κ3) is 7.45. The Kier molecular flexibility index (Phi) is 9.61. The van der Waals surface area contributed by atoms with Crippen molar-refractivity contribution in [2.75, 3.05) is 33.7 Å². The highest BCUT2D eigenvalue weighted by Crippen LogP contribution is 2.13. The van der Waals surface area contributed by atoms with Gasteiger partial charge in [0.1, 0.15) is 13.1 Å². The quantitative estimate of drug-likeness (QED) is 0.313. The number of hydrogen-bond donors (Lipinski definition) is 0. The van der Waals surface area contributed by atoms with Crippen LogP contribution >= 0.6 is 0 Å². The Labute approximate surface area is 155 Å². The minimum atomic E-state index is -0.346. The summed E-state index contributed by atoms with van der Waals surface area (Å²) in [6, 6.07) is 19.9. The second kappa shape index (κ2) is 12.3. The molecule has 2 rings (SSSR count). The van der Waals surface area contributed by atoms with Crippen LogP contribution in [0.4, 0.5) is 0 Å². The van der Waals surface area contributed by atoms with Gasteiger partial charge in [-0.25, -0.2) is 0 Å². The standard InChI is InChI=1S/C21H27NO4/c1-24-12-13-25-18-26-17-21(16-23)22(14-19-8-4-2-5-9-19)15-20-10-6-3-7-11-20/h2-11,16,21H,12-15,17-18H2,1H3/t21-/m1/s1. The number of ether oxygens (including phenoxy) is 3. The van der Waals surface area contributed by atoms with E-state index in [1.807, 2.05) is 36.4 Å². The second-order valence-corrected chi connectivity index (χ2v) is 5.97. The maximum Gasteiger partial charge on any atom is 0.146 e. The third-order valence-corrected chi connectivity index (χ3v) is 3.97. The van der Waals surface area contributed by atoms with Crippen LogP contribution in [0.1, 0.15) is 11.1 Å². The lowest BCUT2D eigenvalue weighted by Crippen LogP contribution is -2.39. The summed E-state index contributed by atoms with van der Waals surface area (Å²) in [4.78, 5) is 13.8. The lowest BCUT2D eigenvalue weighted by Gasteiger charge is -2.28. The molecule has 0 spiro atoms. The summed E-state index contributed by atoms with van der Waals surface area (Å²) >= 11 is 0. The molecule has 0 aliphatic rings. The van der Waals surface area contributed by atoms with Crippen LogP contribution in [0.2, 0.25) is 0 Å². The summed E-state index contributed by atoms with van der Waals surface area (Å²) < 4.78 is 15.8. The van der Waals surface area contributed by atoms with Crippen LogP contribution in [0.3, 0.4) is 0 Å². The minimum absolute atomic E-state index is 0.151. The van der Waals surface area contributed by atoms with Crippen molar-refractivity contribution in [3.05, 3.63) is 71.8 Å². The first-order chi connectivity index (χ1) is 12.8. The van der Waals surface area contributed by atoms with E-state index in [4.69, 9.17) is 14.2 Å². The minimum Gasteiger partial charge on any atom is -0.382 e. The Bertz CT molecular complexity index is 564. The van der Waals surface area contributed by atoms with Gasteiger partial charge in [-0.1, -0.05) is 60.7 Å². The summed E-state index contributed by atoms with van der Waals surface area (Å²) in [6.45, 7) is 2.78. The lowest BCUT2D eigenvalue weighted by atomic mass is 10.1. The normalized spacial score (nSPS) is 12.2. The molecule has 2 aromatic rings. The molecule has 0 heterocycles. The molecule has 0 saturated heterocycles. The Morgan fingerprint density at radius 1 is 0.885 bits per heavy atom. The zero-order valence-electron chi connectivity index (χ0n) is 15.3. The number of benzene rings is 2. The number of hydrogen-bond acceptors (Lipinski definition) is 5. The van der Waals surface area contributed by atoms with Crippen molar-refractivity contribution < 1.29 is 19.0 Å².